The fourth-order valence-corrected chi connectivity index (χ4v) is 1.92. The molecule has 0 N–H and O–H groups in total. The van der Waals surface area contributed by atoms with Crippen LogP contribution in [0.25, 0.3) is 11.1 Å². The maximum atomic E-state index is 12.6. The Bertz CT molecular complexity index is 617. The Morgan fingerprint density at radius 2 is 1.57 bits per heavy atom. The minimum Gasteiger partial charge on any atom is -0.496 e. The van der Waals surface area contributed by atoms with Gasteiger partial charge >= 0.3 is 6.18 Å². The van der Waals surface area contributed by atoms with E-state index in [0.29, 0.717) is 11.1 Å². The molecule has 0 spiro atoms. The van der Waals surface area contributed by atoms with Crippen molar-refractivity contribution in [1.82, 2.24) is 0 Å². The Labute approximate surface area is 118 Å². The molecule has 0 bridgehead atoms. The van der Waals surface area contributed by atoms with Gasteiger partial charge in [-0.05, 0) is 23.8 Å². The van der Waals surface area contributed by atoms with Crippen LogP contribution in [0.15, 0.2) is 42.5 Å². The van der Waals surface area contributed by atoms with Crippen LogP contribution in [0.4, 0.5) is 22.0 Å². The van der Waals surface area contributed by atoms with Gasteiger partial charge in [0.05, 0.1) is 12.7 Å². The van der Waals surface area contributed by atoms with E-state index in [4.69, 9.17) is 4.74 Å². The van der Waals surface area contributed by atoms with Gasteiger partial charge in [0, 0.05) is 11.1 Å². The second-order valence-electron chi connectivity index (χ2n) is 4.34. The van der Waals surface area contributed by atoms with Crippen LogP contribution in [0.5, 0.6) is 5.75 Å². The minimum atomic E-state index is -4.41. The van der Waals surface area contributed by atoms with Gasteiger partial charge in [-0.25, -0.2) is 8.78 Å². The lowest BCUT2D eigenvalue weighted by molar-refractivity contribution is -0.137. The highest BCUT2D eigenvalue weighted by Gasteiger charge is 2.30. The lowest BCUT2D eigenvalue weighted by atomic mass is 10.0. The van der Waals surface area contributed by atoms with Gasteiger partial charge in [-0.2, -0.15) is 13.2 Å². The molecule has 2 aromatic rings. The molecule has 2 aromatic carbocycles. The fraction of sp³-hybridized carbons (Fsp3) is 0.200. The third-order valence-corrected chi connectivity index (χ3v) is 3.00. The maximum Gasteiger partial charge on any atom is 0.416 e. The average molecular weight is 302 g/mol. The van der Waals surface area contributed by atoms with E-state index < -0.39 is 18.2 Å². The van der Waals surface area contributed by atoms with Crippen LogP contribution in [0.1, 0.15) is 17.6 Å². The molecule has 0 saturated carbocycles. The average Bonchev–Trinajstić information content (AvgIpc) is 2.45. The summed E-state index contributed by atoms with van der Waals surface area (Å²) in [6.07, 6.45) is -7.05. The van der Waals surface area contributed by atoms with Crippen LogP contribution in [-0.4, -0.2) is 7.11 Å². The van der Waals surface area contributed by atoms with Crippen molar-refractivity contribution in [3.05, 3.63) is 53.6 Å². The maximum absolute atomic E-state index is 12.6. The van der Waals surface area contributed by atoms with Crippen molar-refractivity contribution in [3.63, 3.8) is 0 Å². The summed E-state index contributed by atoms with van der Waals surface area (Å²) in [5.74, 6) is 0.188. The molecule has 21 heavy (non-hydrogen) atoms. The second kappa shape index (κ2) is 5.71. The summed E-state index contributed by atoms with van der Waals surface area (Å²) < 4.78 is 67.8. The molecule has 0 radical (unpaired) electrons. The first-order valence-electron chi connectivity index (χ1n) is 5.96. The van der Waals surface area contributed by atoms with Crippen molar-refractivity contribution in [2.75, 3.05) is 7.11 Å². The third-order valence-electron chi connectivity index (χ3n) is 3.00. The Morgan fingerprint density at radius 1 is 0.952 bits per heavy atom. The molecule has 0 heterocycles. The topological polar surface area (TPSA) is 9.23 Å². The molecule has 0 saturated heterocycles. The molecule has 112 valence electrons. The van der Waals surface area contributed by atoms with E-state index in [1.165, 1.54) is 37.4 Å². The molecule has 0 unspecified atom stereocenters. The third kappa shape index (κ3) is 3.32. The van der Waals surface area contributed by atoms with E-state index in [0.717, 1.165) is 12.1 Å². The van der Waals surface area contributed by atoms with E-state index >= 15 is 0 Å². The highest BCUT2D eigenvalue weighted by atomic mass is 19.4. The fourth-order valence-electron chi connectivity index (χ4n) is 1.92. The zero-order valence-corrected chi connectivity index (χ0v) is 10.9. The molecule has 0 aromatic heterocycles. The minimum absolute atomic E-state index is 0.188. The first-order valence-corrected chi connectivity index (χ1v) is 5.96. The summed E-state index contributed by atoms with van der Waals surface area (Å²) in [5.41, 5.74) is -0.0618. The van der Waals surface area contributed by atoms with Crippen molar-refractivity contribution in [3.8, 4) is 16.9 Å². The molecule has 2 rings (SSSR count). The number of alkyl halides is 5. The molecule has 0 atom stereocenters. The molecule has 1 nitrogen and oxygen atoms in total. The van der Waals surface area contributed by atoms with E-state index in [2.05, 4.69) is 0 Å². The normalized spacial score (nSPS) is 11.8. The SMILES string of the molecule is COc1cc(C(F)F)ccc1-c1ccc(C(F)(F)F)cc1. The lowest BCUT2D eigenvalue weighted by Gasteiger charge is -2.12. The van der Waals surface area contributed by atoms with Crippen molar-refractivity contribution < 1.29 is 26.7 Å². The highest BCUT2D eigenvalue weighted by molar-refractivity contribution is 5.71. The summed E-state index contributed by atoms with van der Waals surface area (Å²) in [5, 5.41) is 0. The van der Waals surface area contributed by atoms with E-state index in [1.54, 1.807) is 0 Å². The summed E-state index contributed by atoms with van der Waals surface area (Å²) in [4.78, 5) is 0. The Balaban J connectivity index is 2.42. The van der Waals surface area contributed by atoms with Crippen LogP contribution in [0, 0.1) is 0 Å². The van der Waals surface area contributed by atoms with Crippen LogP contribution < -0.4 is 4.74 Å². The number of ether oxygens (including phenoxy) is 1. The van der Waals surface area contributed by atoms with Crippen molar-refractivity contribution in [1.29, 1.82) is 0 Å². The van der Waals surface area contributed by atoms with Crippen LogP contribution in [0.3, 0.4) is 0 Å². The number of rotatable bonds is 3. The van der Waals surface area contributed by atoms with Crippen LogP contribution in [0.2, 0.25) is 0 Å². The van der Waals surface area contributed by atoms with Gasteiger partial charge in [0.15, 0.2) is 0 Å². The smallest absolute Gasteiger partial charge is 0.416 e. The molecule has 0 amide bonds. The lowest BCUT2D eigenvalue weighted by Crippen LogP contribution is -2.04. The first-order chi connectivity index (χ1) is 9.82. The summed E-state index contributed by atoms with van der Waals surface area (Å²) >= 11 is 0. The zero-order chi connectivity index (χ0) is 15.6. The van der Waals surface area contributed by atoms with Crippen LogP contribution in [-0.2, 0) is 6.18 Å². The first kappa shape index (κ1) is 15.3. The second-order valence-corrected chi connectivity index (χ2v) is 4.34. The van der Waals surface area contributed by atoms with Gasteiger partial charge < -0.3 is 4.74 Å². The number of halogens is 5. The Morgan fingerprint density at radius 3 is 2.05 bits per heavy atom. The predicted molar refractivity (Wildman–Crippen MR) is 68.4 cm³/mol. The summed E-state index contributed by atoms with van der Waals surface area (Å²) in [6, 6.07) is 8.25. The Hall–Kier alpha value is -2.11. The van der Waals surface area contributed by atoms with Gasteiger partial charge in [0.2, 0.25) is 0 Å². The van der Waals surface area contributed by atoms with Gasteiger partial charge in [0.1, 0.15) is 5.75 Å². The summed E-state index contributed by atoms with van der Waals surface area (Å²) in [6.45, 7) is 0. The molecule has 0 fully saturated rings. The largest absolute Gasteiger partial charge is 0.496 e. The van der Waals surface area contributed by atoms with E-state index in [-0.39, 0.29) is 11.3 Å². The molecular formula is C15H11F5O. The van der Waals surface area contributed by atoms with E-state index in [9.17, 15) is 22.0 Å². The van der Waals surface area contributed by atoms with Crippen LogP contribution >= 0.6 is 0 Å². The van der Waals surface area contributed by atoms with E-state index in [1.807, 2.05) is 0 Å². The van der Waals surface area contributed by atoms with Gasteiger partial charge in [-0.1, -0.05) is 24.3 Å². The zero-order valence-electron chi connectivity index (χ0n) is 10.9. The number of methoxy groups -OCH3 is 1. The predicted octanol–water partition coefficient (Wildman–Crippen LogP) is 5.32. The van der Waals surface area contributed by atoms with Gasteiger partial charge in [-0.3, -0.25) is 0 Å². The highest BCUT2D eigenvalue weighted by Crippen LogP contribution is 2.35. The number of hydrogen-bond acceptors (Lipinski definition) is 1. The molecule has 0 aliphatic carbocycles. The summed E-state index contributed by atoms with van der Waals surface area (Å²) in [7, 11) is 1.32. The molecule has 6 heteroatoms. The molecule has 0 aliphatic rings. The van der Waals surface area contributed by atoms with Crippen molar-refractivity contribution in [2.45, 2.75) is 12.6 Å². The van der Waals surface area contributed by atoms with Crippen molar-refractivity contribution in [2.24, 2.45) is 0 Å². The quantitative estimate of drug-likeness (QED) is 0.697. The standard InChI is InChI=1S/C15H11F5O/c1-21-13-8-10(14(16)17)4-7-12(13)9-2-5-11(6-3-9)15(18,19)20/h2-8,14H,1H3. The monoisotopic (exact) mass is 302 g/mol. The Kier molecular flexibility index (Phi) is 4.16. The molecular weight excluding hydrogens is 291 g/mol. The van der Waals surface area contributed by atoms with Crippen molar-refractivity contribution >= 4 is 0 Å². The van der Waals surface area contributed by atoms with Gasteiger partial charge in [-0.15, -0.1) is 0 Å². The number of hydrogen-bond donors (Lipinski definition) is 0. The number of benzene rings is 2. The molecule has 0 aliphatic heterocycles. The van der Waals surface area contributed by atoms with Gasteiger partial charge in [0.25, 0.3) is 6.43 Å².